The Morgan fingerprint density at radius 1 is 1.23 bits per heavy atom. The SMILES string of the molecule is O=C(CN1CCCC(O)(COc2cccc(Cl)c2)CC1)Nc1ccnn1C1CCCC1. The number of anilines is 1. The van der Waals surface area contributed by atoms with E-state index in [1.165, 1.54) is 12.8 Å². The molecule has 1 aromatic carbocycles. The molecule has 7 nitrogen and oxygen atoms in total. The zero-order chi connectivity index (χ0) is 21.7. The van der Waals surface area contributed by atoms with E-state index in [1.54, 1.807) is 18.3 Å². The third-order valence-electron chi connectivity index (χ3n) is 6.29. The Labute approximate surface area is 188 Å². The Kier molecular flexibility index (Phi) is 7.15. The van der Waals surface area contributed by atoms with Crippen LogP contribution >= 0.6 is 11.6 Å². The highest BCUT2D eigenvalue weighted by Gasteiger charge is 2.31. The molecule has 4 rings (SSSR count). The number of carbonyl (C=O) groups excluding carboxylic acids is 1. The summed E-state index contributed by atoms with van der Waals surface area (Å²) in [5, 5.41) is 19.1. The number of nitrogens with one attached hydrogen (secondary N) is 1. The van der Waals surface area contributed by atoms with E-state index in [9.17, 15) is 9.90 Å². The number of hydrogen-bond acceptors (Lipinski definition) is 5. The summed E-state index contributed by atoms with van der Waals surface area (Å²) in [6, 6.07) is 9.45. The number of carbonyl (C=O) groups is 1. The monoisotopic (exact) mass is 446 g/mol. The zero-order valence-electron chi connectivity index (χ0n) is 17.8. The second kappa shape index (κ2) is 10.0. The number of nitrogens with zero attached hydrogens (tertiary/aromatic N) is 3. The minimum atomic E-state index is -0.908. The molecule has 1 aromatic heterocycles. The standard InChI is InChI=1S/C23H31ClN4O3/c24-18-5-3-8-20(15-18)31-17-23(30)10-4-13-27(14-11-23)16-22(29)26-21-9-12-25-28(21)19-6-1-2-7-19/h3,5,8-9,12,15,19,30H,1-2,4,6-7,10-11,13-14,16-17H2,(H,26,29). The largest absolute Gasteiger partial charge is 0.491 e. The topological polar surface area (TPSA) is 79.6 Å². The van der Waals surface area contributed by atoms with Crippen LogP contribution in [-0.2, 0) is 4.79 Å². The lowest BCUT2D eigenvalue weighted by atomic mass is 9.96. The first-order valence-electron chi connectivity index (χ1n) is 11.2. The fourth-order valence-electron chi connectivity index (χ4n) is 4.55. The maximum Gasteiger partial charge on any atom is 0.239 e. The first-order chi connectivity index (χ1) is 15.0. The molecule has 1 saturated carbocycles. The van der Waals surface area contributed by atoms with Gasteiger partial charge in [0.05, 0.1) is 24.4 Å². The van der Waals surface area contributed by atoms with Gasteiger partial charge in [-0.25, -0.2) is 4.68 Å². The van der Waals surface area contributed by atoms with Crippen LogP contribution in [0.3, 0.4) is 0 Å². The third-order valence-corrected chi connectivity index (χ3v) is 6.52. The molecule has 1 atom stereocenters. The Hall–Kier alpha value is -2.09. The number of aliphatic hydroxyl groups is 1. The average Bonchev–Trinajstić information content (AvgIpc) is 3.39. The van der Waals surface area contributed by atoms with E-state index in [2.05, 4.69) is 15.3 Å². The summed E-state index contributed by atoms with van der Waals surface area (Å²) in [6.07, 6.45) is 8.42. The second-order valence-electron chi connectivity index (χ2n) is 8.75. The van der Waals surface area contributed by atoms with Gasteiger partial charge in [-0.15, -0.1) is 0 Å². The smallest absolute Gasteiger partial charge is 0.239 e. The van der Waals surface area contributed by atoms with Crippen molar-refractivity contribution in [2.75, 3.05) is 31.6 Å². The highest BCUT2D eigenvalue weighted by atomic mass is 35.5. The Balaban J connectivity index is 1.27. The van der Waals surface area contributed by atoms with E-state index in [0.29, 0.717) is 42.7 Å². The zero-order valence-corrected chi connectivity index (χ0v) is 18.6. The molecule has 2 aliphatic rings. The molecule has 0 spiro atoms. The molecule has 8 heteroatoms. The lowest BCUT2D eigenvalue weighted by molar-refractivity contribution is -0.117. The van der Waals surface area contributed by atoms with Crippen LogP contribution in [0.15, 0.2) is 36.5 Å². The van der Waals surface area contributed by atoms with Crippen LogP contribution in [0.25, 0.3) is 0 Å². The molecule has 1 unspecified atom stereocenters. The van der Waals surface area contributed by atoms with Crippen molar-refractivity contribution >= 4 is 23.3 Å². The van der Waals surface area contributed by atoms with Gasteiger partial charge in [0.15, 0.2) is 0 Å². The molecular formula is C23H31ClN4O3. The Morgan fingerprint density at radius 2 is 2.06 bits per heavy atom. The van der Waals surface area contributed by atoms with E-state index in [4.69, 9.17) is 16.3 Å². The lowest BCUT2D eigenvalue weighted by Gasteiger charge is -2.27. The molecule has 1 amide bonds. The maximum absolute atomic E-state index is 12.7. The predicted molar refractivity (Wildman–Crippen MR) is 121 cm³/mol. The van der Waals surface area contributed by atoms with Gasteiger partial charge in [0.2, 0.25) is 5.91 Å². The van der Waals surface area contributed by atoms with Crippen molar-refractivity contribution in [1.82, 2.24) is 14.7 Å². The molecule has 2 N–H and O–H groups in total. The van der Waals surface area contributed by atoms with Crippen molar-refractivity contribution in [1.29, 1.82) is 0 Å². The third kappa shape index (κ3) is 5.99. The van der Waals surface area contributed by atoms with Crippen LogP contribution in [0.4, 0.5) is 5.82 Å². The summed E-state index contributed by atoms with van der Waals surface area (Å²) in [5.74, 6) is 1.39. The number of rotatable bonds is 7. The normalized spacial score (nSPS) is 22.9. The first kappa shape index (κ1) is 22.1. The van der Waals surface area contributed by atoms with Gasteiger partial charge < -0.3 is 15.2 Å². The van der Waals surface area contributed by atoms with Gasteiger partial charge >= 0.3 is 0 Å². The van der Waals surface area contributed by atoms with E-state index in [-0.39, 0.29) is 12.5 Å². The molecule has 2 heterocycles. The maximum atomic E-state index is 12.7. The fraction of sp³-hybridized carbons (Fsp3) is 0.565. The van der Waals surface area contributed by atoms with Gasteiger partial charge in [-0.1, -0.05) is 30.5 Å². The first-order valence-corrected chi connectivity index (χ1v) is 11.6. The molecule has 31 heavy (non-hydrogen) atoms. The van der Waals surface area contributed by atoms with Crippen molar-refractivity contribution < 1.29 is 14.6 Å². The Morgan fingerprint density at radius 3 is 2.87 bits per heavy atom. The van der Waals surface area contributed by atoms with Crippen molar-refractivity contribution in [3.8, 4) is 5.75 Å². The van der Waals surface area contributed by atoms with Crippen molar-refractivity contribution in [3.05, 3.63) is 41.6 Å². The summed E-state index contributed by atoms with van der Waals surface area (Å²) in [5.41, 5.74) is -0.908. The van der Waals surface area contributed by atoms with Gasteiger partial charge in [0.25, 0.3) is 0 Å². The molecule has 0 radical (unpaired) electrons. The van der Waals surface area contributed by atoms with Crippen molar-refractivity contribution in [2.45, 2.75) is 56.6 Å². The van der Waals surface area contributed by atoms with Crippen LogP contribution in [0.5, 0.6) is 5.75 Å². The van der Waals surface area contributed by atoms with Gasteiger partial charge in [0, 0.05) is 17.6 Å². The molecular weight excluding hydrogens is 416 g/mol. The molecule has 0 bridgehead atoms. The average molecular weight is 447 g/mol. The Bertz CT molecular complexity index is 883. The number of aromatic nitrogens is 2. The van der Waals surface area contributed by atoms with Gasteiger partial charge in [-0.3, -0.25) is 9.69 Å². The molecule has 1 aliphatic heterocycles. The number of hydrogen-bond donors (Lipinski definition) is 2. The predicted octanol–water partition coefficient (Wildman–Crippen LogP) is 3.89. The number of ether oxygens (including phenoxy) is 1. The fourth-order valence-corrected chi connectivity index (χ4v) is 4.73. The summed E-state index contributed by atoms with van der Waals surface area (Å²) in [7, 11) is 0. The van der Waals surface area contributed by atoms with E-state index in [0.717, 1.165) is 31.6 Å². The van der Waals surface area contributed by atoms with E-state index in [1.807, 2.05) is 22.9 Å². The highest BCUT2D eigenvalue weighted by Crippen LogP contribution is 2.31. The van der Waals surface area contributed by atoms with Crippen LogP contribution in [0, 0.1) is 0 Å². The summed E-state index contributed by atoms with van der Waals surface area (Å²) in [6.45, 7) is 1.94. The number of amides is 1. The molecule has 1 saturated heterocycles. The van der Waals surface area contributed by atoms with E-state index >= 15 is 0 Å². The molecule has 2 aromatic rings. The summed E-state index contributed by atoms with van der Waals surface area (Å²) >= 11 is 6.00. The number of halogens is 1. The quantitative estimate of drug-likeness (QED) is 0.674. The minimum Gasteiger partial charge on any atom is -0.491 e. The van der Waals surface area contributed by atoms with Crippen LogP contribution < -0.4 is 10.1 Å². The second-order valence-corrected chi connectivity index (χ2v) is 9.18. The number of likely N-dealkylation sites (tertiary alicyclic amines) is 1. The molecule has 1 aliphatic carbocycles. The van der Waals surface area contributed by atoms with Crippen LogP contribution in [-0.4, -0.2) is 57.5 Å². The van der Waals surface area contributed by atoms with Crippen molar-refractivity contribution in [3.63, 3.8) is 0 Å². The van der Waals surface area contributed by atoms with Gasteiger partial charge in [0.1, 0.15) is 18.2 Å². The van der Waals surface area contributed by atoms with Crippen molar-refractivity contribution in [2.24, 2.45) is 0 Å². The lowest BCUT2D eigenvalue weighted by Crippen LogP contribution is -2.38. The van der Waals surface area contributed by atoms with Crippen LogP contribution in [0.2, 0.25) is 5.02 Å². The van der Waals surface area contributed by atoms with Gasteiger partial charge in [-0.2, -0.15) is 5.10 Å². The molecule has 168 valence electrons. The highest BCUT2D eigenvalue weighted by molar-refractivity contribution is 6.30. The molecule has 2 fully saturated rings. The summed E-state index contributed by atoms with van der Waals surface area (Å²) in [4.78, 5) is 14.8. The summed E-state index contributed by atoms with van der Waals surface area (Å²) < 4.78 is 7.75. The van der Waals surface area contributed by atoms with Gasteiger partial charge in [-0.05, 0) is 56.8 Å². The van der Waals surface area contributed by atoms with Crippen LogP contribution in [0.1, 0.15) is 51.0 Å². The van der Waals surface area contributed by atoms with E-state index < -0.39 is 5.60 Å². The number of benzene rings is 1. The minimum absolute atomic E-state index is 0.0413.